The van der Waals surface area contributed by atoms with Crippen LogP contribution in [0.2, 0.25) is 0 Å². The van der Waals surface area contributed by atoms with E-state index in [2.05, 4.69) is 4.99 Å². The normalized spacial score (nSPS) is 20.6. The number of aryl methyl sites for hydroxylation is 1. The number of aliphatic imine (C=N–C) groups is 1. The van der Waals surface area contributed by atoms with Gasteiger partial charge >= 0.3 is 0 Å². The lowest BCUT2D eigenvalue weighted by atomic mass is 10.1. The van der Waals surface area contributed by atoms with Crippen LogP contribution in [-0.4, -0.2) is 30.1 Å². The van der Waals surface area contributed by atoms with Crippen molar-refractivity contribution in [3.63, 3.8) is 0 Å². The van der Waals surface area contributed by atoms with Gasteiger partial charge in [0.1, 0.15) is 0 Å². The minimum Gasteiger partial charge on any atom is -0.290 e. The number of benzene rings is 1. The first-order valence-electron chi connectivity index (χ1n) is 5.33. The van der Waals surface area contributed by atoms with E-state index in [4.69, 9.17) is 0 Å². The third kappa shape index (κ3) is 2.26. The van der Waals surface area contributed by atoms with Crippen molar-refractivity contribution >= 4 is 28.9 Å². The molecule has 88 valence electrons. The Kier molecular flexibility index (Phi) is 3.33. The van der Waals surface area contributed by atoms with Crippen LogP contribution < -0.4 is 0 Å². The molecule has 0 saturated carbocycles. The zero-order valence-corrected chi connectivity index (χ0v) is 10.9. The molecule has 0 unspecified atom stereocenters. The highest BCUT2D eigenvalue weighted by molar-refractivity contribution is 8.18. The van der Waals surface area contributed by atoms with Gasteiger partial charge in [0, 0.05) is 14.1 Å². The number of carbonyl (C=O) groups excluding carboxylic acids is 1. The average Bonchev–Trinajstić information content (AvgIpc) is 2.60. The van der Waals surface area contributed by atoms with Gasteiger partial charge in [-0.2, -0.15) is 0 Å². The van der Waals surface area contributed by atoms with Crippen LogP contribution >= 0.6 is 11.8 Å². The molecule has 4 heteroatoms. The van der Waals surface area contributed by atoms with Gasteiger partial charge in [-0.15, -0.1) is 0 Å². The number of hydrogen-bond donors (Lipinski definition) is 0. The fraction of sp³-hybridized carbons (Fsp3) is 0.231. The highest BCUT2D eigenvalue weighted by Crippen LogP contribution is 2.31. The van der Waals surface area contributed by atoms with E-state index in [0.717, 1.165) is 21.2 Å². The van der Waals surface area contributed by atoms with Crippen LogP contribution in [0, 0.1) is 6.92 Å². The lowest BCUT2D eigenvalue weighted by molar-refractivity contribution is -0.121. The first kappa shape index (κ1) is 11.9. The van der Waals surface area contributed by atoms with Gasteiger partial charge in [-0.25, -0.2) is 0 Å². The van der Waals surface area contributed by atoms with Crippen LogP contribution in [0.25, 0.3) is 6.08 Å². The van der Waals surface area contributed by atoms with E-state index in [-0.39, 0.29) is 5.91 Å². The van der Waals surface area contributed by atoms with Crippen LogP contribution in [0.1, 0.15) is 11.1 Å². The largest absolute Gasteiger partial charge is 0.290 e. The number of thioether (sulfide) groups is 1. The van der Waals surface area contributed by atoms with E-state index in [1.807, 2.05) is 37.3 Å². The first-order chi connectivity index (χ1) is 8.13. The van der Waals surface area contributed by atoms with Crippen molar-refractivity contribution in [2.24, 2.45) is 4.99 Å². The van der Waals surface area contributed by atoms with Gasteiger partial charge in [-0.05, 0) is 35.9 Å². The fourth-order valence-electron chi connectivity index (χ4n) is 1.64. The van der Waals surface area contributed by atoms with Crippen LogP contribution in [0.5, 0.6) is 0 Å². The van der Waals surface area contributed by atoms with E-state index in [9.17, 15) is 4.79 Å². The van der Waals surface area contributed by atoms with Crippen molar-refractivity contribution < 1.29 is 4.79 Å². The Morgan fingerprint density at radius 1 is 1.35 bits per heavy atom. The number of rotatable bonds is 1. The molecule has 1 aliphatic heterocycles. The van der Waals surface area contributed by atoms with Crippen LogP contribution in [-0.2, 0) is 4.79 Å². The quantitative estimate of drug-likeness (QED) is 0.713. The maximum absolute atomic E-state index is 11.9. The molecule has 1 aromatic rings. The Labute approximate surface area is 105 Å². The van der Waals surface area contributed by atoms with Crippen LogP contribution in [0.15, 0.2) is 34.2 Å². The number of likely N-dealkylation sites (N-methyl/N-ethyl adjacent to an activating group) is 1. The zero-order chi connectivity index (χ0) is 12.4. The summed E-state index contributed by atoms with van der Waals surface area (Å²) in [7, 11) is 3.44. The molecule has 0 radical (unpaired) electrons. The molecule has 17 heavy (non-hydrogen) atoms. The molecule has 1 fully saturated rings. The smallest absolute Gasteiger partial charge is 0.266 e. The molecule has 0 atom stereocenters. The van der Waals surface area contributed by atoms with Gasteiger partial charge in [0.25, 0.3) is 5.91 Å². The SMILES string of the molecule is CN=C1S/C(=C\c2ccccc2C)C(=O)N1C. The summed E-state index contributed by atoms with van der Waals surface area (Å²) in [6.45, 7) is 2.04. The molecule has 1 aliphatic rings. The molecule has 0 N–H and O–H groups in total. The molecule has 3 nitrogen and oxygen atoms in total. The summed E-state index contributed by atoms with van der Waals surface area (Å²) in [4.78, 5) is 18.3. The van der Waals surface area contributed by atoms with E-state index in [1.165, 1.54) is 11.8 Å². The zero-order valence-electron chi connectivity index (χ0n) is 10.1. The van der Waals surface area contributed by atoms with Gasteiger partial charge in [0.15, 0.2) is 5.17 Å². The number of carbonyl (C=O) groups is 1. The van der Waals surface area contributed by atoms with E-state index in [0.29, 0.717) is 0 Å². The summed E-state index contributed by atoms with van der Waals surface area (Å²) < 4.78 is 0. The molecule has 0 bridgehead atoms. The summed E-state index contributed by atoms with van der Waals surface area (Å²) >= 11 is 1.42. The van der Waals surface area contributed by atoms with Crippen molar-refractivity contribution in [2.45, 2.75) is 6.92 Å². The molecule has 1 heterocycles. The molecule has 1 saturated heterocycles. The standard InChI is InChI=1S/C13H14N2OS/c1-9-6-4-5-7-10(9)8-11-12(16)15(3)13(14-2)17-11/h4-8H,1-3H3/b11-8-,14-13?. The lowest BCUT2D eigenvalue weighted by Gasteiger charge is -2.05. The van der Waals surface area contributed by atoms with Crippen molar-refractivity contribution in [3.05, 3.63) is 40.3 Å². The third-order valence-electron chi connectivity index (χ3n) is 2.67. The van der Waals surface area contributed by atoms with Gasteiger partial charge < -0.3 is 0 Å². The Bertz CT molecular complexity index is 520. The summed E-state index contributed by atoms with van der Waals surface area (Å²) in [6, 6.07) is 8.01. The highest BCUT2D eigenvalue weighted by atomic mass is 32.2. The lowest BCUT2D eigenvalue weighted by Crippen LogP contribution is -2.23. The van der Waals surface area contributed by atoms with E-state index < -0.39 is 0 Å². The number of amides is 1. The summed E-state index contributed by atoms with van der Waals surface area (Å²) in [5.41, 5.74) is 2.24. The topological polar surface area (TPSA) is 32.7 Å². The minimum absolute atomic E-state index is 0.0128. The van der Waals surface area contributed by atoms with Gasteiger partial charge in [-0.3, -0.25) is 14.7 Å². The highest BCUT2D eigenvalue weighted by Gasteiger charge is 2.29. The predicted molar refractivity (Wildman–Crippen MR) is 72.9 cm³/mol. The summed E-state index contributed by atoms with van der Waals surface area (Å²) in [6.07, 6.45) is 1.93. The maximum atomic E-state index is 11.9. The molecular formula is C13H14N2OS. The van der Waals surface area contributed by atoms with Crippen molar-refractivity contribution in [2.75, 3.05) is 14.1 Å². The molecular weight excluding hydrogens is 232 g/mol. The van der Waals surface area contributed by atoms with Crippen molar-refractivity contribution in [1.29, 1.82) is 0 Å². The molecule has 1 amide bonds. The van der Waals surface area contributed by atoms with E-state index in [1.54, 1.807) is 19.0 Å². The predicted octanol–water partition coefficient (Wildman–Crippen LogP) is 2.53. The summed E-state index contributed by atoms with van der Waals surface area (Å²) in [5.74, 6) is 0.0128. The summed E-state index contributed by atoms with van der Waals surface area (Å²) in [5, 5.41) is 0.745. The first-order valence-corrected chi connectivity index (χ1v) is 6.15. The van der Waals surface area contributed by atoms with Crippen molar-refractivity contribution in [1.82, 2.24) is 4.90 Å². The Hall–Kier alpha value is -1.55. The van der Waals surface area contributed by atoms with E-state index >= 15 is 0 Å². The molecule has 2 rings (SSSR count). The number of hydrogen-bond acceptors (Lipinski definition) is 3. The number of amidine groups is 1. The van der Waals surface area contributed by atoms with Gasteiger partial charge in [-0.1, -0.05) is 24.3 Å². The van der Waals surface area contributed by atoms with Crippen LogP contribution in [0.3, 0.4) is 0 Å². The van der Waals surface area contributed by atoms with Crippen molar-refractivity contribution in [3.8, 4) is 0 Å². The average molecular weight is 246 g/mol. The van der Waals surface area contributed by atoms with Crippen LogP contribution in [0.4, 0.5) is 0 Å². The molecule has 0 spiro atoms. The van der Waals surface area contributed by atoms with Gasteiger partial charge in [0.05, 0.1) is 4.91 Å². The Morgan fingerprint density at radius 3 is 2.65 bits per heavy atom. The second kappa shape index (κ2) is 4.75. The minimum atomic E-state index is 0.0128. The monoisotopic (exact) mass is 246 g/mol. The van der Waals surface area contributed by atoms with Gasteiger partial charge in [0.2, 0.25) is 0 Å². The third-order valence-corrected chi connectivity index (χ3v) is 3.82. The molecule has 0 aliphatic carbocycles. The maximum Gasteiger partial charge on any atom is 0.266 e. The second-order valence-corrected chi connectivity index (χ2v) is 4.85. The Morgan fingerprint density at radius 2 is 2.06 bits per heavy atom. The Balaban J connectivity index is 2.37. The fourth-order valence-corrected chi connectivity index (χ4v) is 2.56. The molecule has 0 aromatic heterocycles. The second-order valence-electron chi connectivity index (χ2n) is 3.84. The molecule has 1 aromatic carbocycles. The number of nitrogens with zero attached hydrogens (tertiary/aromatic N) is 2.